The standard InChI is InChI=1S/C20H27NO5S/c1-4-25-17-7-5-6-8-18(17)26-12-11-21-15(2)13-16-9-10-19(24-3)20(14-16)27(22)23/h5-10,14-15,21H,4,11-13H2,1-3H3,(H,22,23)/p-1. The second kappa shape index (κ2) is 10.9. The lowest BCUT2D eigenvalue weighted by Crippen LogP contribution is -2.31. The van der Waals surface area contributed by atoms with Crippen molar-refractivity contribution in [2.24, 2.45) is 0 Å². The van der Waals surface area contributed by atoms with Gasteiger partial charge in [-0.15, -0.1) is 0 Å². The highest BCUT2D eigenvalue weighted by molar-refractivity contribution is 7.79. The Morgan fingerprint density at radius 2 is 1.81 bits per heavy atom. The smallest absolute Gasteiger partial charge is 0.161 e. The Labute approximate surface area is 163 Å². The molecule has 0 spiro atoms. The Balaban J connectivity index is 1.82. The average molecular weight is 392 g/mol. The van der Waals surface area contributed by atoms with Gasteiger partial charge in [-0.25, -0.2) is 0 Å². The molecular weight excluding hydrogens is 366 g/mol. The molecule has 0 heterocycles. The molecule has 2 aromatic carbocycles. The van der Waals surface area contributed by atoms with Crippen LogP contribution in [0, 0.1) is 0 Å². The number of ether oxygens (including phenoxy) is 3. The highest BCUT2D eigenvalue weighted by Gasteiger charge is 2.09. The van der Waals surface area contributed by atoms with Crippen molar-refractivity contribution in [3.63, 3.8) is 0 Å². The number of hydrogen-bond acceptors (Lipinski definition) is 6. The first-order chi connectivity index (χ1) is 13.0. The van der Waals surface area contributed by atoms with Crippen LogP contribution < -0.4 is 19.5 Å². The van der Waals surface area contributed by atoms with E-state index in [0.717, 1.165) is 17.1 Å². The van der Waals surface area contributed by atoms with Crippen molar-refractivity contribution in [1.82, 2.24) is 5.32 Å². The van der Waals surface area contributed by atoms with E-state index < -0.39 is 11.1 Å². The summed E-state index contributed by atoms with van der Waals surface area (Å²) in [6.07, 6.45) is 0.698. The molecule has 27 heavy (non-hydrogen) atoms. The third kappa shape index (κ3) is 6.53. The highest BCUT2D eigenvalue weighted by atomic mass is 32.2. The Morgan fingerprint density at radius 1 is 1.11 bits per heavy atom. The molecule has 0 aromatic heterocycles. The van der Waals surface area contributed by atoms with E-state index in [-0.39, 0.29) is 10.9 Å². The lowest BCUT2D eigenvalue weighted by molar-refractivity contribution is 0.272. The molecule has 7 heteroatoms. The number of hydrogen-bond donors (Lipinski definition) is 1. The number of nitrogens with one attached hydrogen (secondary N) is 1. The van der Waals surface area contributed by atoms with Crippen LogP contribution in [0.1, 0.15) is 19.4 Å². The summed E-state index contributed by atoms with van der Waals surface area (Å²) in [5.74, 6) is 1.82. The topological polar surface area (TPSA) is 79.8 Å². The lowest BCUT2D eigenvalue weighted by Gasteiger charge is -2.17. The minimum atomic E-state index is -2.32. The van der Waals surface area contributed by atoms with Gasteiger partial charge in [0.25, 0.3) is 0 Å². The largest absolute Gasteiger partial charge is 0.768 e. The van der Waals surface area contributed by atoms with Gasteiger partial charge in [0.2, 0.25) is 0 Å². The Bertz CT molecular complexity index is 753. The molecule has 148 valence electrons. The van der Waals surface area contributed by atoms with E-state index in [1.807, 2.05) is 44.2 Å². The Kier molecular flexibility index (Phi) is 8.57. The molecule has 0 amide bonds. The maximum atomic E-state index is 11.3. The summed E-state index contributed by atoms with van der Waals surface area (Å²) in [6, 6.07) is 13.0. The van der Waals surface area contributed by atoms with E-state index in [1.165, 1.54) is 7.11 Å². The second-order valence-corrected chi connectivity index (χ2v) is 6.92. The highest BCUT2D eigenvalue weighted by Crippen LogP contribution is 2.26. The first-order valence-corrected chi connectivity index (χ1v) is 9.96. The summed E-state index contributed by atoms with van der Waals surface area (Å²) < 4.78 is 39.0. The molecule has 6 nitrogen and oxygen atoms in total. The number of benzene rings is 2. The molecule has 2 rings (SSSR count). The van der Waals surface area contributed by atoms with Crippen molar-refractivity contribution in [2.45, 2.75) is 31.2 Å². The Hall–Kier alpha value is -2.09. The number of para-hydroxylation sites is 2. The normalized spacial score (nSPS) is 13.0. The minimum Gasteiger partial charge on any atom is -0.768 e. The van der Waals surface area contributed by atoms with Crippen molar-refractivity contribution < 1.29 is 23.0 Å². The quantitative estimate of drug-likeness (QED) is 0.468. The molecule has 0 aliphatic carbocycles. The van der Waals surface area contributed by atoms with Crippen LogP contribution in [-0.2, 0) is 17.5 Å². The zero-order chi connectivity index (χ0) is 19.6. The van der Waals surface area contributed by atoms with Gasteiger partial charge in [-0.05, 0) is 61.2 Å². The SMILES string of the molecule is CCOc1ccccc1OCCNC(C)Cc1ccc(OC)c(S(=O)[O-])c1. The summed E-state index contributed by atoms with van der Waals surface area (Å²) in [6.45, 7) is 5.75. The summed E-state index contributed by atoms with van der Waals surface area (Å²) >= 11 is -2.32. The fourth-order valence-corrected chi connectivity index (χ4v) is 3.28. The van der Waals surface area contributed by atoms with Crippen LogP contribution in [0.4, 0.5) is 0 Å². The molecule has 0 aliphatic heterocycles. The predicted molar refractivity (Wildman–Crippen MR) is 104 cm³/mol. The van der Waals surface area contributed by atoms with E-state index in [0.29, 0.717) is 31.9 Å². The molecule has 2 aromatic rings. The van der Waals surface area contributed by atoms with E-state index in [1.54, 1.807) is 12.1 Å². The van der Waals surface area contributed by atoms with E-state index in [9.17, 15) is 8.76 Å². The minimum absolute atomic E-state index is 0.164. The summed E-state index contributed by atoms with van der Waals surface area (Å²) in [7, 11) is 1.46. The van der Waals surface area contributed by atoms with Gasteiger partial charge in [-0.1, -0.05) is 18.2 Å². The molecular formula is C20H26NO5S-. The molecule has 2 unspecified atom stereocenters. The Morgan fingerprint density at radius 3 is 2.44 bits per heavy atom. The maximum Gasteiger partial charge on any atom is 0.161 e. The van der Waals surface area contributed by atoms with Crippen molar-refractivity contribution in [1.29, 1.82) is 0 Å². The van der Waals surface area contributed by atoms with Crippen LogP contribution in [0.2, 0.25) is 0 Å². The van der Waals surface area contributed by atoms with Gasteiger partial charge in [-0.2, -0.15) is 0 Å². The zero-order valence-corrected chi connectivity index (χ0v) is 16.7. The van der Waals surface area contributed by atoms with Gasteiger partial charge >= 0.3 is 0 Å². The monoisotopic (exact) mass is 392 g/mol. The molecule has 1 N–H and O–H groups in total. The van der Waals surface area contributed by atoms with Gasteiger partial charge in [0.15, 0.2) is 11.5 Å². The van der Waals surface area contributed by atoms with Crippen molar-refractivity contribution in [3.8, 4) is 17.2 Å². The molecule has 0 bridgehead atoms. The second-order valence-electron chi connectivity index (χ2n) is 6.01. The van der Waals surface area contributed by atoms with Gasteiger partial charge in [0.05, 0.1) is 18.6 Å². The first kappa shape index (κ1) is 21.2. The molecule has 2 atom stereocenters. The van der Waals surface area contributed by atoms with Crippen molar-refractivity contribution >= 4 is 11.1 Å². The third-order valence-corrected chi connectivity index (χ3v) is 4.63. The van der Waals surface area contributed by atoms with Gasteiger partial charge in [0, 0.05) is 12.6 Å². The number of rotatable bonds is 11. The molecule has 0 saturated heterocycles. The molecule has 0 saturated carbocycles. The van der Waals surface area contributed by atoms with Crippen LogP contribution >= 0.6 is 0 Å². The third-order valence-electron chi connectivity index (χ3n) is 3.95. The van der Waals surface area contributed by atoms with Crippen LogP contribution in [0.3, 0.4) is 0 Å². The molecule has 0 aliphatic rings. The number of methoxy groups -OCH3 is 1. The fourth-order valence-electron chi connectivity index (χ4n) is 2.71. The first-order valence-electron chi connectivity index (χ1n) is 8.89. The van der Waals surface area contributed by atoms with Crippen LogP contribution in [0.25, 0.3) is 0 Å². The van der Waals surface area contributed by atoms with Crippen molar-refractivity contribution in [2.75, 3.05) is 26.9 Å². The van der Waals surface area contributed by atoms with Crippen LogP contribution in [-0.4, -0.2) is 41.7 Å². The summed E-state index contributed by atoms with van der Waals surface area (Å²) in [4.78, 5) is 0.179. The lowest BCUT2D eigenvalue weighted by atomic mass is 10.1. The van der Waals surface area contributed by atoms with E-state index in [4.69, 9.17) is 14.2 Å². The average Bonchev–Trinajstić information content (AvgIpc) is 2.66. The van der Waals surface area contributed by atoms with E-state index in [2.05, 4.69) is 5.32 Å². The van der Waals surface area contributed by atoms with Gasteiger partial charge in [0.1, 0.15) is 12.4 Å². The van der Waals surface area contributed by atoms with Gasteiger partial charge in [-0.3, -0.25) is 4.21 Å². The fraction of sp³-hybridized carbons (Fsp3) is 0.400. The molecule has 0 radical (unpaired) electrons. The summed E-state index contributed by atoms with van der Waals surface area (Å²) in [5.41, 5.74) is 0.928. The van der Waals surface area contributed by atoms with Gasteiger partial charge < -0.3 is 24.1 Å². The van der Waals surface area contributed by atoms with E-state index >= 15 is 0 Å². The predicted octanol–water partition coefficient (Wildman–Crippen LogP) is 2.93. The zero-order valence-electron chi connectivity index (χ0n) is 15.9. The summed E-state index contributed by atoms with van der Waals surface area (Å²) in [5, 5.41) is 3.38. The van der Waals surface area contributed by atoms with Crippen LogP contribution in [0.5, 0.6) is 17.2 Å². The van der Waals surface area contributed by atoms with Crippen molar-refractivity contribution in [3.05, 3.63) is 48.0 Å². The maximum absolute atomic E-state index is 11.3. The molecule has 0 fully saturated rings. The van der Waals surface area contributed by atoms with Crippen LogP contribution in [0.15, 0.2) is 47.4 Å².